The van der Waals surface area contributed by atoms with Crippen LogP contribution in [0.2, 0.25) is 0 Å². The van der Waals surface area contributed by atoms with E-state index >= 15 is 0 Å². The van der Waals surface area contributed by atoms with Crippen molar-refractivity contribution in [2.75, 3.05) is 22.0 Å². The van der Waals surface area contributed by atoms with E-state index in [4.69, 9.17) is 5.73 Å². The molecule has 0 aliphatic carbocycles. The third kappa shape index (κ3) is 4.40. The van der Waals surface area contributed by atoms with Crippen molar-refractivity contribution in [1.29, 1.82) is 0 Å². The summed E-state index contributed by atoms with van der Waals surface area (Å²) in [5.41, 5.74) is 8.01. The molecule has 1 aromatic heterocycles. The molecule has 0 spiro atoms. The molecule has 0 saturated heterocycles. The maximum atomic E-state index is 12.0. The SMILES string of the molecule is Cc1[nH]nc(NS(=O)(=O)CCSc2cccc(N)c2)c1C. The van der Waals surface area contributed by atoms with E-state index in [-0.39, 0.29) is 5.75 Å². The van der Waals surface area contributed by atoms with Crippen LogP contribution < -0.4 is 10.5 Å². The normalized spacial score (nSPS) is 11.5. The largest absolute Gasteiger partial charge is 0.399 e. The average molecular weight is 326 g/mol. The van der Waals surface area contributed by atoms with Crippen LogP contribution in [-0.2, 0) is 10.0 Å². The first-order chi connectivity index (χ1) is 9.87. The van der Waals surface area contributed by atoms with Crippen LogP contribution in [0.4, 0.5) is 11.5 Å². The minimum Gasteiger partial charge on any atom is -0.399 e. The number of nitrogens with two attached hydrogens (primary N) is 1. The van der Waals surface area contributed by atoms with Crippen LogP contribution in [0.25, 0.3) is 0 Å². The number of sulfonamides is 1. The standard InChI is InChI=1S/C13H18N4O2S2/c1-9-10(2)15-16-13(9)17-21(18,19)7-6-20-12-5-3-4-11(14)8-12/h3-5,8H,6-7,14H2,1-2H3,(H2,15,16,17). The molecule has 4 N–H and O–H groups in total. The number of nitrogens with zero attached hydrogens (tertiary/aromatic N) is 1. The van der Waals surface area contributed by atoms with Crippen LogP contribution in [-0.4, -0.2) is 30.1 Å². The molecule has 1 aromatic carbocycles. The Labute approximate surface area is 128 Å². The Bertz CT molecular complexity index is 726. The van der Waals surface area contributed by atoms with Gasteiger partial charge in [-0.2, -0.15) is 5.10 Å². The molecule has 0 saturated carbocycles. The first-order valence-electron chi connectivity index (χ1n) is 6.38. The molecule has 0 atom stereocenters. The minimum absolute atomic E-state index is 0.0117. The Morgan fingerprint density at radius 3 is 2.76 bits per heavy atom. The van der Waals surface area contributed by atoms with Gasteiger partial charge in [-0.3, -0.25) is 9.82 Å². The molecule has 0 unspecified atom stereocenters. The number of H-pyrrole nitrogens is 1. The molecule has 2 aromatic rings. The van der Waals surface area contributed by atoms with Crippen LogP contribution >= 0.6 is 11.8 Å². The average Bonchev–Trinajstić information content (AvgIpc) is 2.70. The summed E-state index contributed by atoms with van der Waals surface area (Å²) in [5.74, 6) is 0.820. The number of aryl methyl sites for hydroxylation is 1. The number of hydrogen-bond donors (Lipinski definition) is 3. The highest BCUT2D eigenvalue weighted by Gasteiger charge is 2.15. The molecule has 0 bridgehead atoms. The van der Waals surface area contributed by atoms with Gasteiger partial charge >= 0.3 is 0 Å². The summed E-state index contributed by atoms with van der Waals surface area (Å²) in [6.45, 7) is 3.66. The highest BCUT2D eigenvalue weighted by molar-refractivity contribution is 8.01. The summed E-state index contributed by atoms with van der Waals surface area (Å²) in [5, 5.41) is 6.69. The van der Waals surface area contributed by atoms with E-state index in [0.717, 1.165) is 16.2 Å². The summed E-state index contributed by atoms with van der Waals surface area (Å²) in [7, 11) is -3.41. The number of hydrogen-bond acceptors (Lipinski definition) is 5. The van der Waals surface area contributed by atoms with Crippen LogP contribution in [0, 0.1) is 13.8 Å². The second-order valence-electron chi connectivity index (χ2n) is 4.66. The lowest BCUT2D eigenvalue weighted by Crippen LogP contribution is -2.18. The number of rotatable bonds is 6. The Kier molecular flexibility index (Phi) is 4.79. The smallest absolute Gasteiger partial charge is 0.234 e. The van der Waals surface area contributed by atoms with Crippen molar-refractivity contribution in [3.63, 3.8) is 0 Å². The first-order valence-corrected chi connectivity index (χ1v) is 9.01. The Morgan fingerprint density at radius 2 is 2.14 bits per heavy atom. The van der Waals surface area contributed by atoms with Gasteiger partial charge < -0.3 is 5.73 Å². The zero-order valence-electron chi connectivity index (χ0n) is 11.9. The van der Waals surface area contributed by atoms with E-state index in [9.17, 15) is 8.42 Å². The zero-order chi connectivity index (χ0) is 15.5. The fourth-order valence-corrected chi connectivity index (χ4v) is 4.09. The summed E-state index contributed by atoms with van der Waals surface area (Å²) < 4.78 is 26.5. The van der Waals surface area contributed by atoms with E-state index < -0.39 is 10.0 Å². The van der Waals surface area contributed by atoms with Gasteiger partial charge in [0.2, 0.25) is 10.0 Å². The monoisotopic (exact) mass is 326 g/mol. The molecular formula is C13H18N4O2S2. The Morgan fingerprint density at radius 1 is 1.38 bits per heavy atom. The van der Waals surface area contributed by atoms with Crippen molar-refractivity contribution in [3.8, 4) is 0 Å². The maximum Gasteiger partial charge on any atom is 0.234 e. The number of benzene rings is 1. The lowest BCUT2D eigenvalue weighted by atomic mass is 10.3. The summed E-state index contributed by atoms with van der Waals surface area (Å²) >= 11 is 1.45. The van der Waals surface area contributed by atoms with Crippen LogP contribution in [0.3, 0.4) is 0 Å². The topological polar surface area (TPSA) is 101 Å². The van der Waals surface area contributed by atoms with Crippen LogP contribution in [0.15, 0.2) is 29.2 Å². The van der Waals surface area contributed by atoms with Crippen molar-refractivity contribution in [2.24, 2.45) is 0 Å². The number of nitrogens with one attached hydrogen (secondary N) is 2. The van der Waals surface area contributed by atoms with Crippen LogP contribution in [0.5, 0.6) is 0 Å². The fraction of sp³-hybridized carbons (Fsp3) is 0.308. The quantitative estimate of drug-likeness (QED) is 0.558. The van der Waals surface area contributed by atoms with Crippen molar-refractivity contribution >= 4 is 33.3 Å². The van der Waals surface area contributed by atoms with Gasteiger partial charge in [-0.05, 0) is 32.0 Å². The van der Waals surface area contributed by atoms with Crippen molar-refractivity contribution in [2.45, 2.75) is 18.7 Å². The highest BCUT2D eigenvalue weighted by Crippen LogP contribution is 2.21. The summed E-state index contributed by atoms with van der Waals surface area (Å²) in [6, 6.07) is 7.37. The molecule has 1 heterocycles. The molecular weight excluding hydrogens is 308 g/mol. The van der Waals surface area contributed by atoms with E-state index in [1.165, 1.54) is 11.8 Å². The van der Waals surface area contributed by atoms with Crippen LogP contribution in [0.1, 0.15) is 11.3 Å². The molecule has 0 aliphatic rings. The van der Waals surface area contributed by atoms with E-state index in [0.29, 0.717) is 17.3 Å². The molecule has 2 rings (SSSR count). The van der Waals surface area contributed by atoms with Gasteiger partial charge in [-0.15, -0.1) is 11.8 Å². The number of aromatic amines is 1. The molecule has 114 valence electrons. The minimum atomic E-state index is -3.41. The van der Waals surface area contributed by atoms with Crippen molar-refractivity contribution < 1.29 is 8.42 Å². The number of aromatic nitrogens is 2. The predicted molar refractivity (Wildman–Crippen MR) is 87.0 cm³/mol. The van der Waals surface area contributed by atoms with Crippen molar-refractivity contribution in [1.82, 2.24) is 10.2 Å². The molecule has 0 aliphatic heterocycles. The number of anilines is 2. The highest BCUT2D eigenvalue weighted by atomic mass is 32.2. The number of nitrogen functional groups attached to an aromatic ring is 1. The van der Waals surface area contributed by atoms with E-state index in [1.54, 1.807) is 6.07 Å². The third-order valence-corrected chi connectivity index (χ3v) is 5.48. The van der Waals surface area contributed by atoms with Gasteiger partial charge in [0, 0.05) is 27.6 Å². The van der Waals surface area contributed by atoms with Crippen molar-refractivity contribution in [3.05, 3.63) is 35.5 Å². The van der Waals surface area contributed by atoms with E-state index in [1.807, 2.05) is 32.0 Å². The second-order valence-corrected chi connectivity index (χ2v) is 7.67. The molecule has 6 nitrogen and oxygen atoms in total. The fourth-order valence-electron chi connectivity index (χ4n) is 1.66. The lowest BCUT2D eigenvalue weighted by molar-refractivity contribution is 0.602. The summed E-state index contributed by atoms with van der Waals surface area (Å²) in [6.07, 6.45) is 0. The molecule has 21 heavy (non-hydrogen) atoms. The van der Waals surface area contributed by atoms with Gasteiger partial charge in [0.1, 0.15) is 0 Å². The third-order valence-electron chi connectivity index (χ3n) is 2.98. The summed E-state index contributed by atoms with van der Waals surface area (Å²) in [4.78, 5) is 0.956. The molecule has 0 radical (unpaired) electrons. The van der Waals surface area contributed by atoms with Gasteiger partial charge in [-0.25, -0.2) is 8.42 Å². The molecule has 8 heteroatoms. The zero-order valence-corrected chi connectivity index (χ0v) is 13.5. The number of thioether (sulfide) groups is 1. The van der Waals surface area contributed by atoms with Gasteiger partial charge in [-0.1, -0.05) is 6.07 Å². The Hall–Kier alpha value is -1.67. The van der Waals surface area contributed by atoms with E-state index in [2.05, 4.69) is 14.9 Å². The second kappa shape index (κ2) is 6.40. The maximum absolute atomic E-state index is 12.0. The van der Waals surface area contributed by atoms with Gasteiger partial charge in [0.15, 0.2) is 5.82 Å². The molecule has 0 fully saturated rings. The van der Waals surface area contributed by atoms with Gasteiger partial charge in [0.05, 0.1) is 5.75 Å². The lowest BCUT2D eigenvalue weighted by Gasteiger charge is -2.06. The predicted octanol–water partition coefficient (Wildman–Crippen LogP) is 2.14. The molecule has 0 amide bonds. The first kappa shape index (κ1) is 15.7. The van der Waals surface area contributed by atoms with Gasteiger partial charge in [0.25, 0.3) is 0 Å². The Balaban J connectivity index is 1.91.